The molecule has 1 N–H and O–H groups in total. The maximum atomic E-state index is 6.10. The smallest absolute Gasteiger partial charge is 0.346 e. The molecular weight excluding hydrogens is 414 g/mol. The largest absolute Gasteiger partial charge is 0.490 e. The molecule has 0 spiro atoms. The van der Waals surface area contributed by atoms with Crippen molar-refractivity contribution in [3.63, 3.8) is 0 Å². The zero-order valence-corrected chi connectivity index (χ0v) is 19.1. The predicted molar refractivity (Wildman–Crippen MR) is 125 cm³/mol. The minimum absolute atomic E-state index is 0.307. The highest BCUT2D eigenvalue weighted by Gasteiger charge is 2.47. The summed E-state index contributed by atoms with van der Waals surface area (Å²) in [6, 6.07) is 16.8. The number of hydrogen-bond donors (Lipinski definition) is 1. The summed E-state index contributed by atoms with van der Waals surface area (Å²) < 4.78 is 13.6. The summed E-state index contributed by atoms with van der Waals surface area (Å²) in [5.41, 5.74) is 2.05. The molecule has 3 aromatic rings. The first-order valence-electron chi connectivity index (χ1n) is 12.3. The topological polar surface area (TPSA) is 74.1 Å². The van der Waals surface area contributed by atoms with Gasteiger partial charge in [0, 0.05) is 12.6 Å². The molecule has 33 heavy (non-hydrogen) atoms. The van der Waals surface area contributed by atoms with Crippen LogP contribution >= 0.6 is 0 Å². The summed E-state index contributed by atoms with van der Waals surface area (Å²) in [6.07, 6.45) is 7.21. The van der Waals surface area contributed by atoms with Gasteiger partial charge < -0.3 is 14.8 Å². The summed E-state index contributed by atoms with van der Waals surface area (Å²) in [7, 11) is 0. The number of para-hydroxylation sites is 1. The number of benzene rings is 2. The van der Waals surface area contributed by atoms with E-state index >= 15 is 0 Å². The van der Waals surface area contributed by atoms with Crippen LogP contribution in [0, 0.1) is 23.7 Å². The summed E-state index contributed by atoms with van der Waals surface area (Å²) in [4.78, 5) is 0. The van der Waals surface area contributed by atoms with Gasteiger partial charge in [-0.15, -0.1) is 0 Å². The molecule has 0 atom stereocenters. The third-order valence-corrected chi connectivity index (χ3v) is 7.72. The average molecular weight is 446 g/mol. The van der Waals surface area contributed by atoms with Crippen LogP contribution in [0.2, 0.25) is 0 Å². The van der Waals surface area contributed by atoms with Gasteiger partial charge in [0.05, 0.1) is 12.3 Å². The lowest BCUT2D eigenvalue weighted by Gasteiger charge is -2.54. The van der Waals surface area contributed by atoms with Crippen LogP contribution in [0.5, 0.6) is 17.5 Å². The number of nitrogens with one attached hydrogen (secondary N) is 1. The molecule has 7 heteroatoms. The van der Waals surface area contributed by atoms with Crippen LogP contribution in [0.4, 0.5) is 0 Å². The van der Waals surface area contributed by atoms with Crippen molar-refractivity contribution in [2.45, 2.75) is 51.6 Å². The van der Waals surface area contributed by atoms with E-state index in [1.165, 1.54) is 37.7 Å². The Labute approximate surface area is 194 Å². The lowest BCUT2D eigenvalue weighted by Crippen LogP contribution is -2.54. The Bertz CT molecular complexity index is 1070. The number of aromatic nitrogens is 4. The van der Waals surface area contributed by atoms with Gasteiger partial charge in [0.1, 0.15) is 0 Å². The summed E-state index contributed by atoms with van der Waals surface area (Å²) in [5, 5.41) is 15.8. The molecule has 0 aliphatic heterocycles. The fourth-order valence-electron chi connectivity index (χ4n) is 6.58. The summed E-state index contributed by atoms with van der Waals surface area (Å²) in [5.74, 6) is 5.06. The lowest BCUT2D eigenvalue weighted by molar-refractivity contribution is -0.0142. The molecule has 7 nitrogen and oxygen atoms in total. The first-order chi connectivity index (χ1) is 16.3. The monoisotopic (exact) mass is 445 g/mol. The number of rotatable bonds is 8. The van der Waals surface area contributed by atoms with Crippen molar-refractivity contribution >= 4 is 0 Å². The Morgan fingerprint density at radius 2 is 1.70 bits per heavy atom. The fourth-order valence-corrected chi connectivity index (χ4v) is 6.58. The van der Waals surface area contributed by atoms with Gasteiger partial charge in [-0.2, -0.15) is 4.68 Å². The van der Waals surface area contributed by atoms with Crippen molar-refractivity contribution in [3.05, 3.63) is 54.1 Å². The highest BCUT2D eigenvalue weighted by atomic mass is 16.5. The molecule has 4 aliphatic rings. The van der Waals surface area contributed by atoms with Crippen LogP contribution in [0.15, 0.2) is 48.5 Å². The second kappa shape index (κ2) is 8.78. The molecule has 2 aromatic carbocycles. The highest BCUT2D eigenvalue weighted by molar-refractivity contribution is 5.45. The molecule has 0 radical (unpaired) electrons. The van der Waals surface area contributed by atoms with Gasteiger partial charge in [-0.25, -0.2) is 0 Å². The van der Waals surface area contributed by atoms with Crippen LogP contribution in [-0.2, 0) is 6.54 Å². The zero-order chi connectivity index (χ0) is 22.2. The zero-order valence-electron chi connectivity index (χ0n) is 19.1. The van der Waals surface area contributed by atoms with E-state index in [-0.39, 0.29) is 0 Å². The number of tetrazole rings is 1. The number of hydrogen-bond acceptors (Lipinski definition) is 6. The fraction of sp³-hybridized carbons (Fsp3) is 0.500. The van der Waals surface area contributed by atoms with E-state index in [2.05, 4.69) is 33.0 Å². The van der Waals surface area contributed by atoms with E-state index in [1.54, 1.807) is 4.68 Å². The van der Waals surface area contributed by atoms with Gasteiger partial charge in [0.2, 0.25) is 0 Å². The van der Waals surface area contributed by atoms with Gasteiger partial charge in [-0.1, -0.05) is 29.4 Å². The van der Waals surface area contributed by atoms with Crippen LogP contribution in [0.1, 0.15) is 44.6 Å². The molecule has 0 amide bonds. The quantitative estimate of drug-likeness (QED) is 0.539. The Kier molecular flexibility index (Phi) is 5.50. The summed E-state index contributed by atoms with van der Waals surface area (Å²) >= 11 is 0. The van der Waals surface area contributed by atoms with Crippen molar-refractivity contribution in [3.8, 4) is 23.2 Å². The van der Waals surface area contributed by atoms with E-state index in [0.717, 1.165) is 35.9 Å². The molecule has 1 heterocycles. The molecule has 7 rings (SSSR count). The maximum Gasteiger partial charge on any atom is 0.346 e. The Morgan fingerprint density at radius 3 is 2.42 bits per heavy atom. The van der Waals surface area contributed by atoms with Gasteiger partial charge in [-0.05, 0) is 103 Å². The minimum Gasteiger partial charge on any atom is -0.490 e. The van der Waals surface area contributed by atoms with E-state index in [4.69, 9.17) is 9.47 Å². The Hall–Kier alpha value is -2.93. The van der Waals surface area contributed by atoms with Gasteiger partial charge >= 0.3 is 6.01 Å². The SMILES string of the molecule is CCOc1cc(CNC2C3CC4CC(C3)CC2C4)ccc1Oc1nnnn1-c1ccccc1. The molecule has 4 aliphatic carbocycles. The molecule has 4 fully saturated rings. The molecule has 0 saturated heterocycles. The van der Waals surface area contributed by atoms with Crippen LogP contribution < -0.4 is 14.8 Å². The lowest BCUT2D eigenvalue weighted by atomic mass is 9.54. The van der Waals surface area contributed by atoms with Crippen LogP contribution in [0.25, 0.3) is 5.69 Å². The van der Waals surface area contributed by atoms with E-state index in [0.29, 0.717) is 30.2 Å². The Balaban J connectivity index is 1.17. The van der Waals surface area contributed by atoms with Gasteiger partial charge in [0.25, 0.3) is 0 Å². The number of ether oxygens (including phenoxy) is 2. The van der Waals surface area contributed by atoms with E-state index in [1.807, 2.05) is 43.3 Å². The van der Waals surface area contributed by atoms with Crippen molar-refractivity contribution in [2.75, 3.05) is 6.61 Å². The standard InChI is InChI=1S/C26H31N5O2/c1-2-32-24-15-17(16-27-25-20-11-18-10-19(13-20)14-21(25)12-18)8-9-23(24)33-26-28-29-30-31(26)22-6-4-3-5-7-22/h3-9,15,18-21,25,27H,2,10-14,16H2,1H3. The first kappa shape index (κ1) is 20.7. The van der Waals surface area contributed by atoms with Gasteiger partial charge in [0.15, 0.2) is 11.5 Å². The second-order valence-electron chi connectivity index (χ2n) is 9.86. The number of nitrogens with zero attached hydrogens (tertiary/aromatic N) is 4. The van der Waals surface area contributed by atoms with Crippen molar-refractivity contribution in [1.82, 2.24) is 25.5 Å². The predicted octanol–water partition coefficient (Wildman–Crippen LogP) is 4.77. The molecule has 4 saturated carbocycles. The highest BCUT2D eigenvalue weighted by Crippen LogP contribution is 2.53. The molecule has 4 bridgehead atoms. The molecule has 0 unspecified atom stereocenters. The van der Waals surface area contributed by atoms with Crippen molar-refractivity contribution < 1.29 is 9.47 Å². The van der Waals surface area contributed by atoms with Crippen LogP contribution in [0.3, 0.4) is 0 Å². The van der Waals surface area contributed by atoms with Crippen molar-refractivity contribution in [1.29, 1.82) is 0 Å². The Morgan fingerprint density at radius 1 is 0.939 bits per heavy atom. The second-order valence-corrected chi connectivity index (χ2v) is 9.86. The van der Waals surface area contributed by atoms with Gasteiger partial charge in [-0.3, -0.25) is 0 Å². The van der Waals surface area contributed by atoms with E-state index in [9.17, 15) is 0 Å². The first-order valence-corrected chi connectivity index (χ1v) is 12.3. The van der Waals surface area contributed by atoms with E-state index < -0.39 is 0 Å². The normalized spacial score (nSPS) is 27.6. The van der Waals surface area contributed by atoms with Crippen LogP contribution in [-0.4, -0.2) is 32.9 Å². The third kappa shape index (κ3) is 4.10. The molecular formula is C26H31N5O2. The maximum absolute atomic E-state index is 6.10. The third-order valence-electron chi connectivity index (χ3n) is 7.72. The molecule has 1 aromatic heterocycles. The van der Waals surface area contributed by atoms with Crippen molar-refractivity contribution in [2.24, 2.45) is 23.7 Å². The average Bonchev–Trinajstić information content (AvgIpc) is 3.29. The molecule has 172 valence electrons. The minimum atomic E-state index is 0.307. The summed E-state index contributed by atoms with van der Waals surface area (Å²) in [6.45, 7) is 3.40.